The van der Waals surface area contributed by atoms with Crippen molar-refractivity contribution in [3.8, 4) is 0 Å². The number of urea groups is 1. The van der Waals surface area contributed by atoms with Gasteiger partial charge in [-0.1, -0.05) is 30.3 Å². The number of nitrogens with zero attached hydrogens (tertiary/aromatic N) is 2. The van der Waals surface area contributed by atoms with Crippen molar-refractivity contribution >= 4 is 17.6 Å². The topological polar surface area (TPSA) is 75.0 Å². The second-order valence-corrected chi connectivity index (χ2v) is 8.39. The van der Waals surface area contributed by atoms with Gasteiger partial charge in [-0.25, -0.2) is 13.6 Å². The van der Waals surface area contributed by atoms with Gasteiger partial charge in [-0.15, -0.1) is 0 Å². The van der Waals surface area contributed by atoms with Crippen molar-refractivity contribution in [2.24, 2.45) is 0 Å². The molecule has 4 rings (SSSR count). The van der Waals surface area contributed by atoms with Gasteiger partial charge < -0.3 is 24.3 Å². The van der Waals surface area contributed by atoms with Crippen molar-refractivity contribution in [1.29, 1.82) is 0 Å². The van der Waals surface area contributed by atoms with E-state index in [1.54, 1.807) is 23.3 Å². The molecule has 1 atom stereocenters. The van der Waals surface area contributed by atoms with Crippen molar-refractivity contribution in [3.63, 3.8) is 0 Å². The Labute approximate surface area is 202 Å². The van der Waals surface area contributed by atoms with E-state index >= 15 is 0 Å². The number of hydrogen-bond donors (Lipinski definition) is 1. The standard InChI is InChI=1S/C26H27F2N3O4/c27-23-11-10-20(14-24(23)28)29-26(33)31(17-22-9-5-13-35-22)18-25(32)30(16-21-8-4-12-34-21)15-19-6-2-1-3-7-19/h1-4,6-8,10-12,14,22H,5,9,13,15-18H2,(H,29,33). The zero-order valence-electron chi connectivity index (χ0n) is 19.2. The fourth-order valence-corrected chi connectivity index (χ4v) is 3.92. The first kappa shape index (κ1) is 24.4. The highest BCUT2D eigenvalue weighted by Crippen LogP contribution is 2.18. The molecule has 9 heteroatoms. The number of carbonyl (C=O) groups excluding carboxylic acids is 2. The molecule has 1 N–H and O–H groups in total. The molecule has 184 valence electrons. The summed E-state index contributed by atoms with van der Waals surface area (Å²) in [7, 11) is 0. The number of ether oxygens (including phenoxy) is 1. The molecule has 2 aromatic carbocycles. The van der Waals surface area contributed by atoms with Crippen LogP contribution in [0.5, 0.6) is 0 Å². The quantitative estimate of drug-likeness (QED) is 0.475. The van der Waals surface area contributed by atoms with Gasteiger partial charge in [0, 0.05) is 31.5 Å². The van der Waals surface area contributed by atoms with Crippen molar-refractivity contribution in [2.75, 3.05) is 25.0 Å². The van der Waals surface area contributed by atoms with E-state index < -0.39 is 17.7 Å². The number of rotatable bonds is 9. The summed E-state index contributed by atoms with van der Waals surface area (Å²) < 4.78 is 38.0. The number of benzene rings is 2. The van der Waals surface area contributed by atoms with Crippen molar-refractivity contribution in [3.05, 3.63) is 89.9 Å². The van der Waals surface area contributed by atoms with Gasteiger partial charge in [0.05, 0.1) is 18.9 Å². The molecule has 3 aromatic rings. The third-order valence-corrected chi connectivity index (χ3v) is 5.73. The van der Waals surface area contributed by atoms with E-state index in [9.17, 15) is 18.4 Å². The lowest BCUT2D eigenvalue weighted by Crippen LogP contribution is -2.46. The third kappa shape index (κ3) is 6.89. The molecule has 1 aromatic heterocycles. The number of amides is 3. The second-order valence-electron chi connectivity index (χ2n) is 8.39. The summed E-state index contributed by atoms with van der Waals surface area (Å²) in [6.07, 6.45) is 2.98. The van der Waals surface area contributed by atoms with Crippen LogP contribution in [-0.4, -0.2) is 47.5 Å². The van der Waals surface area contributed by atoms with Gasteiger partial charge >= 0.3 is 6.03 Å². The van der Waals surface area contributed by atoms with E-state index in [0.29, 0.717) is 18.9 Å². The predicted molar refractivity (Wildman–Crippen MR) is 125 cm³/mol. The van der Waals surface area contributed by atoms with Crippen LogP contribution in [-0.2, 0) is 22.6 Å². The molecule has 0 saturated carbocycles. The first-order chi connectivity index (χ1) is 17.0. The highest BCUT2D eigenvalue weighted by Gasteiger charge is 2.27. The van der Waals surface area contributed by atoms with Crippen LogP contribution in [0.1, 0.15) is 24.2 Å². The number of halogens is 2. The molecule has 0 bridgehead atoms. The van der Waals surface area contributed by atoms with Crippen LogP contribution in [0.15, 0.2) is 71.3 Å². The number of furan rings is 1. The minimum absolute atomic E-state index is 0.0930. The Balaban J connectivity index is 1.50. The van der Waals surface area contributed by atoms with Crippen LogP contribution < -0.4 is 5.32 Å². The van der Waals surface area contributed by atoms with Gasteiger partial charge in [-0.3, -0.25) is 4.79 Å². The Kier molecular flexibility index (Phi) is 8.10. The maximum atomic E-state index is 13.6. The average molecular weight is 484 g/mol. The number of carbonyl (C=O) groups is 2. The lowest BCUT2D eigenvalue weighted by molar-refractivity contribution is -0.133. The Morgan fingerprint density at radius 1 is 0.971 bits per heavy atom. The third-order valence-electron chi connectivity index (χ3n) is 5.73. The van der Waals surface area contributed by atoms with E-state index in [2.05, 4.69) is 5.32 Å². The highest BCUT2D eigenvalue weighted by atomic mass is 19.2. The second kappa shape index (κ2) is 11.6. The normalized spacial score (nSPS) is 15.1. The zero-order valence-corrected chi connectivity index (χ0v) is 19.2. The van der Waals surface area contributed by atoms with Gasteiger partial charge in [-0.2, -0.15) is 0 Å². The van der Waals surface area contributed by atoms with Crippen LogP contribution in [0.3, 0.4) is 0 Å². The van der Waals surface area contributed by atoms with Gasteiger partial charge in [0.15, 0.2) is 11.6 Å². The first-order valence-corrected chi connectivity index (χ1v) is 11.4. The van der Waals surface area contributed by atoms with Crippen LogP contribution in [0.2, 0.25) is 0 Å². The van der Waals surface area contributed by atoms with E-state index in [1.165, 1.54) is 11.0 Å². The van der Waals surface area contributed by atoms with Gasteiger partial charge in [0.1, 0.15) is 12.3 Å². The molecule has 1 aliphatic rings. The molecule has 1 saturated heterocycles. The van der Waals surface area contributed by atoms with E-state index in [0.717, 1.165) is 30.5 Å². The maximum Gasteiger partial charge on any atom is 0.322 e. The van der Waals surface area contributed by atoms with Crippen molar-refractivity contribution < 1.29 is 27.5 Å². The molecule has 2 heterocycles. The summed E-state index contributed by atoms with van der Waals surface area (Å²) >= 11 is 0. The fraction of sp³-hybridized carbons (Fsp3) is 0.308. The Bertz CT molecular complexity index is 1120. The van der Waals surface area contributed by atoms with Crippen LogP contribution in [0, 0.1) is 11.6 Å². The van der Waals surface area contributed by atoms with Crippen LogP contribution >= 0.6 is 0 Å². The molecule has 1 aliphatic heterocycles. The molecule has 1 unspecified atom stereocenters. The molecular formula is C26H27F2N3O4. The zero-order chi connectivity index (χ0) is 24.6. The Morgan fingerprint density at radius 2 is 1.80 bits per heavy atom. The average Bonchev–Trinajstić information content (AvgIpc) is 3.56. The van der Waals surface area contributed by atoms with Gasteiger partial charge in [0.2, 0.25) is 5.91 Å². The molecule has 0 spiro atoms. The van der Waals surface area contributed by atoms with Gasteiger partial charge in [0.25, 0.3) is 0 Å². The van der Waals surface area contributed by atoms with Crippen LogP contribution in [0.4, 0.5) is 19.3 Å². The molecule has 7 nitrogen and oxygen atoms in total. The number of nitrogens with one attached hydrogen (secondary N) is 1. The molecular weight excluding hydrogens is 456 g/mol. The number of anilines is 1. The fourth-order valence-electron chi connectivity index (χ4n) is 3.92. The summed E-state index contributed by atoms with van der Waals surface area (Å²) in [4.78, 5) is 29.5. The summed E-state index contributed by atoms with van der Waals surface area (Å²) in [6, 6.07) is 15.6. The lowest BCUT2D eigenvalue weighted by Gasteiger charge is -2.29. The first-order valence-electron chi connectivity index (χ1n) is 11.4. The maximum absolute atomic E-state index is 13.6. The Hall–Kier alpha value is -3.72. The van der Waals surface area contributed by atoms with Gasteiger partial charge in [-0.05, 0) is 42.7 Å². The minimum atomic E-state index is -1.07. The monoisotopic (exact) mass is 483 g/mol. The summed E-state index contributed by atoms with van der Waals surface area (Å²) in [5.74, 6) is -1.75. The molecule has 0 aliphatic carbocycles. The minimum Gasteiger partial charge on any atom is -0.467 e. The van der Waals surface area contributed by atoms with E-state index in [4.69, 9.17) is 9.15 Å². The molecule has 0 radical (unpaired) electrons. The van der Waals surface area contributed by atoms with Crippen molar-refractivity contribution in [2.45, 2.75) is 32.0 Å². The highest BCUT2D eigenvalue weighted by molar-refractivity contribution is 5.92. The summed E-state index contributed by atoms with van der Waals surface area (Å²) in [5.41, 5.74) is 1.03. The smallest absolute Gasteiger partial charge is 0.322 e. The molecule has 1 fully saturated rings. The summed E-state index contributed by atoms with van der Waals surface area (Å²) in [5, 5.41) is 2.56. The van der Waals surface area contributed by atoms with E-state index in [1.807, 2.05) is 30.3 Å². The van der Waals surface area contributed by atoms with Crippen molar-refractivity contribution in [1.82, 2.24) is 9.80 Å². The summed E-state index contributed by atoms with van der Waals surface area (Å²) in [6.45, 7) is 1.14. The number of hydrogen-bond acceptors (Lipinski definition) is 4. The Morgan fingerprint density at radius 3 is 2.49 bits per heavy atom. The predicted octanol–water partition coefficient (Wildman–Crippen LogP) is 4.80. The molecule has 3 amide bonds. The largest absolute Gasteiger partial charge is 0.467 e. The van der Waals surface area contributed by atoms with Crippen LogP contribution in [0.25, 0.3) is 0 Å². The SMILES string of the molecule is O=C(CN(CC1CCCO1)C(=O)Nc1ccc(F)c(F)c1)N(Cc1ccccc1)Cc1ccco1. The van der Waals surface area contributed by atoms with E-state index in [-0.39, 0.29) is 37.3 Å². The molecule has 35 heavy (non-hydrogen) atoms. The lowest BCUT2D eigenvalue weighted by atomic mass is 10.2.